The van der Waals surface area contributed by atoms with Gasteiger partial charge in [-0.15, -0.1) is 0 Å². The van der Waals surface area contributed by atoms with Gasteiger partial charge in [0.15, 0.2) is 17.1 Å². The van der Waals surface area contributed by atoms with Gasteiger partial charge in [0.25, 0.3) is 5.56 Å². The van der Waals surface area contributed by atoms with Crippen LogP contribution >= 0.6 is 0 Å². The number of cyclic esters (lactones) is 1. The van der Waals surface area contributed by atoms with Gasteiger partial charge in [-0.3, -0.25) is 48.1 Å². The highest BCUT2D eigenvalue weighted by atomic mass is 16.6. The van der Waals surface area contributed by atoms with E-state index in [0.29, 0.717) is 89.5 Å². The number of carbonyl (C=O) groups excluding carboxylic acids is 9. The second-order valence-corrected chi connectivity index (χ2v) is 18.2. The van der Waals surface area contributed by atoms with E-state index in [1.807, 2.05) is 0 Å². The summed E-state index contributed by atoms with van der Waals surface area (Å²) in [5.41, 5.74) is 1.04. The zero-order valence-corrected chi connectivity index (χ0v) is 41.1. The fraction of sp³-hybridized carbons (Fsp3) is 0.431. The number of hydrogen-bond acceptors (Lipinski definition) is 16. The highest BCUT2D eigenvalue weighted by Gasteiger charge is 2.45. The van der Waals surface area contributed by atoms with E-state index in [2.05, 4.69) is 31.9 Å². The molecule has 0 spiro atoms. The molecule has 7 N–H and O–H groups in total. The summed E-state index contributed by atoms with van der Waals surface area (Å²) < 4.78 is 23.8. The van der Waals surface area contributed by atoms with Crippen LogP contribution in [0.1, 0.15) is 79.7 Å². The van der Waals surface area contributed by atoms with Crippen molar-refractivity contribution in [1.29, 1.82) is 0 Å². The Morgan fingerprint density at radius 2 is 1.47 bits per heavy atom. The van der Waals surface area contributed by atoms with E-state index in [0.717, 1.165) is 0 Å². The number of rotatable bonds is 23. The van der Waals surface area contributed by atoms with E-state index < -0.39 is 85.7 Å². The Kier molecular flexibility index (Phi) is 16.8. The number of carbonyl (C=O) groups is 9. The van der Waals surface area contributed by atoms with E-state index >= 15 is 0 Å². The van der Waals surface area contributed by atoms with Gasteiger partial charge in [-0.05, 0) is 42.5 Å². The van der Waals surface area contributed by atoms with E-state index in [1.165, 1.54) is 9.47 Å². The van der Waals surface area contributed by atoms with Crippen LogP contribution in [-0.4, -0.2) is 132 Å². The van der Waals surface area contributed by atoms with Gasteiger partial charge in [0.2, 0.25) is 47.3 Å². The molecule has 75 heavy (non-hydrogen) atoms. The van der Waals surface area contributed by atoms with Crippen molar-refractivity contribution in [3.63, 3.8) is 0 Å². The number of hydrogen-bond donors (Lipinski definition) is 7. The predicted octanol–water partition coefficient (Wildman–Crippen LogP) is -0.657. The lowest BCUT2D eigenvalue weighted by Crippen LogP contribution is -2.52. The zero-order valence-electron chi connectivity index (χ0n) is 41.1. The molecule has 24 heteroatoms. The maximum atomic E-state index is 13.9. The number of likely N-dealkylation sites (tertiary alicyclic amines) is 1. The fourth-order valence-electron chi connectivity index (χ4n) is 9.18. The summed E-state index contributed by atoms with van der Waals surface area (Å²) in [6.45, 7) is -0.0209. The van der Waals surface area contributed by atoms with Crippen molar-refractivity contribution in [2.45, 2.75) is 89.6 Å². The smallest absolute Gasteiger partial charge is 0.343 e. The Morgan fingerprint density at radius 3 is 2.21 bits per heavy atom. The topological polar surface area (TPSA) is 321 Å². The second-order valence-electron chi connectivity index (χ2n) is 18.2. The van der Waals surface area contributed by atoms with Crippen molar-refractivity contribution in [3.05, 3.63) is 86.7 Å². The monoisotopic (exact) mass is 1040 g/mol. The predicted molar refractivity (Wildman–Crippen MR) is 262 cm³/mol. The average Bonchev–Trinajstić information content (AvgIpc) is 3.96. The summed E-state index contributed by atoms with van der Waals surface area (Å²) >= 11 is 0. The van der Waals surface area contributed by atoms with Gasteiger partial charge >= 0.3 is 5.97 Å². The summed E-state index contributed by atoms with van der Waals surface area (Å²) in [5, 5.41) is 27.2. The van der Waals surface area contributed by atoms with Crippen molar-refractivity contribution in [2.75, 3.05) is 52.7 Å². The quantitative estimate of drug-likeness (QED) is 0.0185. The van der Waals surface area contributed by atoms with Crippen LogP contribution < -0.4 is 46.9 Å². The fourth-order valence-corrected chi connectivity index (χ4v) is 9.18. The van der Waals surface area contributed by atoms with Crippen molar-refractivity contribution in [3.8, 4) is 22.9 Å². The minimum atomic E-state index is -2.02. The number of aromatic nitrogens is 2. The van der Waals surface area contributed by atoms with Gasteiger partial charge < -0.3 is 60.5 Å². The van der Waals surface area contributed by atoms with Crippen molar-refractivity contribution < 1.29 is 67.2 Å². The van der Waals surface area contributed by atoms with Crippen molar-refractivity contribution >= 4 is 64.1 Å². The number of imide groups is 1. The molecule has 1 saturated heterocycles. The molecule has 0 bridgehead atoms. The van der Waals surface area contributed by atoms with E-state index in [-0.39, 0.29) is 80.6 Å². The average molecular weight is 1040 g/mol. The first-order chi connectivity index (χ1) is 36.1. The molecule has 0 unspecified atom stereocenters. The molecule has 24 nitrogen and oxygen atoms in total. The van der Waals surface area contributed by atoms with Crippen LogP contribution in [0.5, 0.6) is 11.5 Å². The first kappa shape index (κ1) is 53.1. The summed E-state index contributed by atoms with van der Waals surface area (Å²) in [6, 6.07) is 12.7. The number of nitrogens with zero attached hydrogens (tertiary/aromatic N) is 3. The normalized spacial score (nSPS) is 16.5. The van der Waals surface area contributed by atoms with Crippen molar-refractivity contribution in [2.24, 2.45) is 0 Å². The Labute approximate surface area is 428 Å². The molecular weight excluding hydrogens is 979 g/mol. The lowest BCUT2D eigenvalue weighted by atomic mass is 9.86. The number of ether oxygens (including phenoxy) is 4. The van der Waals surface area contributed by atoms with E-state index in [4.69, 9.17) is 23.9 Å². The maximum absolute atomic E-state index is 13.9. The molecule has 4 aliphatic rings. The minimum Gasteiger partial charge on any atom is -0.486 e. The summed E-state index contributed by atoms with van der Waals surface area (Å²) in [4.78, 5) is 133. The summed E-state index contributed by atoms with van der Waals surface area (Å²) in [6.07, 6.45) is 2.24. The highest BCUT2D eigenvalue weighted by molar-refractivity contribution is 6.02. The SMILES string of the molecule is CC[C@@]1(O)C(=O)OCc2c1cc1n(c2=O)Cc2c-1nc1cc3c(cc1c2CNC(=O)COCNC(=O)CNC(=O)[C@H](Cc1ccccc1)NC(=O)CNC(=O)CNC(=O)CCCCCN1C(=O)CCC1=O)OCCO3. The number of nitrogens with one attached hydrogen (secondary N) is 6. The van der Waals surface area contributed by atoms with Gasteiger partial charge in [-0.2, -0.15) is 0 Å². The highest BCUT2D eigenvalue weighted by Crippen LogP contribution is 2.42. The number of amides is 8. The van der Waals surface area contributed by atoms with Crippen LogP contribution in [0.25, 0.3) is 22.3 Å². The summed E-state index contributed by atoms with van der Waals surface area (Å²) in [7, 11) is 0. The number of unbranched alkanes of at least 4 members (excludes halogenated alkanes) is 2. The van der Waals surface area contributed by atoms with Crippen LogP contribution in [0, 0.1) is 0 Å². The molecular formula is C51H57N9O15. The van der Waals surface area contributed by atoms with Gasteiger partial charge in [-0.1, -0.05) is 43.7 Å². The number of aliphatic hydroxyl groups is 1. The van der Waals surface area contributed by atoms with E-state index in [9.17, 15) is 53.1 Å². The molecule has 1 fully saturated rings. The second kappa shape index (κ2) is 23.7. The number of esters is 1. The van der Waals surface area contributed by atoms with Crippen LogP contribution in [0.4, 0.5) is 0 Å². The number of fused-ring (bicyclic) bond motifs is 6. The third-order valence-corrected chi connectivity index (χ3v) is 13.2. The molecule has 0 radical (unpaired) electrons. The largest absolute Gasteiger partial charge is 0.486 e. The Morgan fingerprint density at radius 1 is 0.773 bits per heavy atom. The Balaban J connectivity index is 0.794. The van der Waals surface area contributed by atoms with Crippen LogP contribution in [0.2, 0.25) is 0 Å². The first-order valence-electron chi connectivity index (χ1n) is 24.6. The third-order valence-electron chi connectivity index (χ3n) is 13.2. The molecule has 2 aromatic heterocycles. The van der Waals surface area contributed by atoms with Gasteiger partial charge in [0.05, 0.1) is 48.6 Å². The molecule has 0 aliphatic carbocycles. The lowest BCUT2D eigenvalue weighted by Gasteiger charge is -2.31. The Bertz CT molecular complexity index is 2980. The molecule has 4 aromatic rings. The molecule has 8 amide bonds. The van der Waals surface area contributed by atoms with Crippen LogP contribution in [-0.2, 0) is 84.3 Å². The number of benzene rings is 2. The van der Waals surface area contributed by atoms with Gasteiger partial charge in [0.1, 0.15) is 39.2 Å². The molecule has 4 aliphatic heterocycles. The van der Waals surface area contributed by atoms with Crippen LogP contribution in [0.15, 0.2) is 53.3 Å². The molecule has 6 heterocycles. The summed E-state index contributed by atoms with van der Waals surface area (Å²) in [5.74, 6) is -3.96. The lowest BCUT2D eigenvalue weighted by molar-refractivity contribution is -0.172. The van der Waals surface area contributed by atoms with Gasteiger partial charge in [-0.25, -0.2) is 9.78 Å². The van der Waals surface area contributed by atoms with Crippen LogP contribution in [0.3, 0.4) is 0 Å². The molecule has 8 rings (SSSR count). The number of pyridine rings is 2. The van der Waals surface area contributed by atoms with E-state index in [1.54, 1.807) is 55.5 Å². The first-order valence-corrected chi connectivity index (χ1v) is 24.6. The zero-order chi connectivity index (χ0) is 53.2. The Hall–Kier alpha value is -8.25. The third kappa shape index (κ3) is 12.4. The molecule has 2 atom stereocenters. The standard InChI is InChI=1S/C51H57N9O15/c1-2-51(71)34-19-37-47-32(25-60(37)49(69)33(34)26-75-50(51)70)31(30-18-38-39(20-35(30)58-47)74-16-15-73-38)21-52-44(65)27-72-28-56-42(63)23-55-48(68)36(17-29-9-5-3-6-10-29)57-43(64)24-54-41(62)22-53-40(61)11-7-4-8-14-59-45(66)12-13-46(59)67/h3,5-6,9-10,18-20,36,71H,2,4,7-8,11-17,21-28H2,1H3,(H,52,65)(H,53,61)(H,54,62)(H,55,68)(H,56,63)(H,57,64)/t36-,51-/m0/s1. The molecule has 0 saturated carbocycles. The van der Waals surface area contributed by atoms with Crippen molar-refractivity contribution in [1.82, 2.24) is 46.4 Å². The minimum absolute atomic E-state index is 0.0281. The maximum Gasteiger partial charge on any atom is 0.343 e. The molecule has 396 valence electrons. The molecule has 2 aromatic carbocycles. The van der Waals surface area contributed by atoms with Gasteiger partial charge in [0, 0.05) is 61.4 Å².